The molecule has 1 fully saturated rings. The van der Waals surface area contributed by atoms with E-state index in [0.29, 0.717) is 18.6 Å². The van der Waals surface area contributed by atoms with Gasteiger partial charge in [0.1, 0.15) is 17.7 Å². The number of nitrogens with one attached hydrogen (secondary N) is 1. The minimum absolute atomic E-state index is 0.315. The number of carboxylic acid groups (broad SMARTS) is 1. The Kier molecular flexibility index (Phi) is 4.95. The van der Waals surface area contributed by atoms with E-state index in [2.05, 4.69) is 5.32 Å². The molecule has 0 bridgehead atoms. The molecule has 1 aliphatic rings. The largest absolute Gasteiger partial charge is 0.481 e. The van der Waals surface area contributed by atoms with Gasteiger partial charge in [-0.1, -0.05) is 24.6 Å². The summed E-state index contributed by atoms with van der Waals surface area (Å²) in [6, 6.07) is 16.7. The summed E-state index contributed by atoms with van der Waals surface area (Å²) in [6.07, 6.45) is 1.21. The molecule has 0 heterocycles. The molecule has 0 aromatic heterocycles. The second-order valence-electron chi connectivity index (χ2n) is 6.75. The number of carboxylic acids is 1. The lowest BCUT2D eigenvalue weighted by Gasteiger charge is -2.31. The fourth-order valence-electron chi connectivity index (χ4n) is 3.48. The number of benzene rings is 2. The minimum atomic E-state index is -0.899. The maximum absolute atomic E-state index is 11.6. The summed E-state index contributed by atoms with van der Waals surface area (Å²) in [6.45, 7) is 1.72. The van der Waals surface area contributed by atoms with E-state index < -0.39 is 17.6 Å². The van der Waals surface area contributed by atoms with Crippen molar-refractivity contribution in [3.8, 4) is 11.5 Å². The van der Waals surface area contributed by atoms with E-state index >= 15 is 0 Å². The molecular weight excluding hydrogens is 318 g/mol. The number of para-hydroxylation sites is 1. The van der Waals surface area contributed by atoms with E-state index in [9.17, 15) is 15.0 Å². The molecule has 3 atom stereocenters. The summed E-state index contributed by atoms with van der Waals surface area (Å²) in [5.74, 6) is 0.293. The van der Waals surface area contributed by atoms with Crippen molar-refractivity contribution in [3.05, 3.63) is 54.6 Å². The Labute approximate surface area is 147 Å². The highest BCUT2D eigenvalue weighted by Crippen LogP contribution is 2.45. The molecule has 0 radical (unpaired) electrons. The first-order chi connectivity index (χ1) is 12.0. The quantitative estimate of drug-likeness (QED) is 0.690. The average Bonchev–Trinajstić information content (AvgIpc) is 3.01. The van der Waals surface area contributed by atoms with Gasteiger partial charge in [0.2, 0.25) is 0 Å². The van der Waals surface area contributed by atoms with Crippen LogP contribution in [0.3, 0.4) is 0 Å². The molecular formula is C20H23NO4. The Morgan fingerprint density at radius 1 is 1.16 bits per heavy atom. The van der Waals surface area contributed by atoms with Gasteiger partial charge in [0.25, 0.3) is 0 Å². The van der Waals surface area contributed by atoms with Crippen LogP contribution >= 0.6 is 0 Å². The molecule has 5 nitrogen and oxygen atoms in total. The van der Waals surface area contributed by atoms with Crippen molar-refractivity contribution in [1.82, 2.24) is 0 Å². The van der Waals surface area contributed by atoms with Gasteiger partial charge in [0.15, 0.2) is 0 Å². The van der Waals surface area contributed by atoms with Crippen LogP contribution < -0.4 is 10.1 Å². The topological polar surface area (TPSA) is 78.8 Å². The summed E-state index contributed by atoms with van der Waals surface area (Å²) < 4.78 is 5.73. The van der Waals surface area contributed by atoms with Gasteiger partial charge in [-0.15, -0.1) is 0 Å². The average molecular weight is 341 g/mol. The lowest BCUT2D eigenvalue weighted by Crippen LogP contribution is -2.41. The van der Waals surface area contributed by atoms with Crippen LogP contribution in [-0.4, -0.2) is 22.4 Å². The fraction of sp³-hybridized carbons (Fsp3) is 0.350. The summed E-state index contributed by atoms with van der Waals surface area (Å²) in [5.41, 5.74) is -0.157. The van der Waals surface area contributed by atoms with E-state index in [-0.39, 0.29) is 5.92 Å². The molecule has 5 heteroatoms. The minimum Gasteiger partial charge on any atom is -0.481 e. The van der Waals surface area contributed by atoms with E-state index in [4.69, 9.17) is 4.74 Å². The van der Waals surface area contributed by atoms with Crippen LogP contribution in [0, 0.1) is 11.3 Å². The van der Waals surface area contributed by atoms with Gasteiger partial charge in [-0.25, -0.2) is 0 Å². The van der Waals surface area contributed by atoms with Crippen LogP contribution in [0.25, 0.3) is 0 Å². The van der Waals surface area contributed by atoms with Crippen molar-refractivity contribution in [3.63, 3.8) is 0 Å². The van der Waals surface area contributed by atoms with Gasteiger partial charge >= 0.3 is 5.97 Å². The standard InChI is InChI=1S/C20H23NO4/c1-20(19(23)24)13-5-8-17(20)18(22)21-14-9-11-16(12-10-14)25-15-6-3-2-4-7-15/h2-4,6-7,9-12,17-18,21-22H,5,8,13H2,1H3,(H,23,24)/t17?,18?,20-/m0/s1. The second kappa shape index (κ2) is 7.15. The highest BCUT2D eigenvalue weighted by molar-refractivity contribution is 5.75. The second-order valence-corrected chi connectivity index (χ2v) is 6.75. The molecule has 3 N–H and O–H groups in total. The number of rotatable bonds is 6. The summed E-state index contributed by atoms with van der Waals surface area (Å²) >= 11 is 0. The molecule has 0 amide bonds. The Morgan fingerprint density at radius 3 is 2.44 bits per heavy atom. The molecule has 2 unspecified atom stereocenters. The first-order valence-corrected chi connectivity index (χ1v) is 8.50. The van der Waals surface area contributed by atoms with Crippen LogP contribution in [0.2, 0.25) is 0 Å². The predicted molar refractivity (Wildman–Crippen MR) is 95.7 cm³/mol. The molecule has 1 saturated carbocycles. The number of carbonyl (C=O) groups is 1. The van der Waals surface area contributed by atoms with E-state index in [0.717, 1.165) is 17.9 Å². The highest BCUT2D eigenvalue weighted by atomic mass is 16.5. The lowest BCUT2D eigenvalue weighted by atomic mass is 9.78. The third-order valence-corrected chi connectivity index (χ3v) is 5.05. The van der Waals surface area contributed by atoms with Crippen LogP contribution in [0.5, 0.6) is 11.5 Å². The number of aliphatic carboxylic acids is 1. The van der Waals surface area contributed by atoms with Crippen molar-refractivity contribution >= 4 is 11.7 Å². The Hall–Kier alpha value is -2.53. The van der Waals surface area contributed by atoms with Crippen molar-refractivity contribution in [2.75, 3.05) is 5.32 Å². The first kappa shape index (κ1) is 17.3. The first-order valence-electron chi connectivity index (χ1n) is 8.50. The van der Waals surface area contributed by atoms with E-state index in [1.807, 2.05) is 54.6 Å². The molecule has 3 rings (SSSR count). The SMILES string of the molecule is C[C@]1(C(=O)O)CCCC1C(O)Nc1ccc(Oc2ccccc2)cc1. The number of anilines is 1. The number of hydrogen-bond acceptors (Lipinski definition) is 4. The molecule has 0 spiro atoms. The molecule has 2 aromatic carbocycles. The zero-order valence-corrected chi connectivity index (χ0v) is 14.2. The molecule has 2 aromatic rings. The van der Waals surface area contributed by atoms with Gasteiger partial charge in [-0.05, 0) is 56.2 Å². The lowest BCUT2D eigenvalue weighted by molar-refractivity contribution is -0.152. The van der Waals surface area contributed by atoms with Crippen molar-refractivity contribution < 1.29 is 19.7 Å². The maximum Gasteiger partial charge on any atom is 0.309 e. The number of aliphatic hydroxyl groups is 1. The summed E-state index contributed by atoms with van der Waals surface area (Å²) in [4.78, 5) is 11.6. The van der Waals surface area contributed by atoms with Crippen LogP contribution in [-0.2, 0) is 4.79 Å². The van der Waals surface area contributed by atoms with Gasteiger partial charge < -0.3 is 20.3 Å². The smallest absolute Gasteiger partial charge is 0.309 e. The van der Waals surface area contributed by atoms with Crippen molar-refractivity contribution in [1.29, 1.82) is 0 Å². The number of hydrogen-bond donors (Lipinski definition) is 3. The third kappa shape index (κ3) is 3.77. The molecule has 25 heavy (non-hydrogen) atoms. The van der Waals surface area contributed by atoms with Gasteiger partial charge in [-0.3, -0.25) is 4.79 Å². The van der Waals surface area contributed by atoms with Crippen molar-refractivity contribution in [2.24, 2.45) is 11.3 Å². The summed E-state index contributed by atoms with van der Waals surface area (Å²) in [7, 11) is 0. The fourth-order valence-corrected chi connectivity index (χ4v) is 3.48. The maximum atomic E-state index is 11.6. The monoisotopic (exact) mass is 341 g/mol. The molecule has 1 aliphatic carbocycles. The van der Waals surface area contributed by atoms with Gasteiger partial charge in [0.05, 0.1) is 5.41 Å². The molecule has 0 saturated heterocycles. The van der Waals surface area contributed by atoms with Gasteiger partial charge in [-0.2, -0.15) is 0 Å². The number of aliphatic hydroxyl groups excluding tert-OH is 1. The number of ether oxygens (including phenoxy) is 1. The molecule has 132 valence electrons. The van der Waals surface area contributed by atoms with Crippen LogP contribution in [0.15, 0.2) is 54.6 Å². The highest BCUT2D eigenvalue weighted by Gasteiger charge is 2.48. The predicted octanol–water partition coefficient (Wildman–Crippen LogP) is 4.10. The Morgan fingerprint density at radius 2 is 1.80 bits per heavy atom. The normalized spacial score (nSPS) is 23.8. The van der Waals surface area contributed by atoms with Crippen molar-refractivity contribution in [2.45, 2.75) is 32.4 Å². The zero-order valence-electron chi connectivity index (χ0n) is 14.2. The molecule has 0 aliphatic heterocycles. The van der Waals surface area contributed by atoms with Crippen LogP contribution in [0.4, 0.5) is 5.69 Å². The third-order valence-electron chi connectivity index (χ3n) is 5.05. The Bertz CT molecular complexity index is 716. The van der Waals surface area contributed by atoms with E-state index in [1.165, 1.54) is 0 Å². The van der Waals surface area contributed by atoms with Crippen LogP contribution in [0.1, 0.15) is 26.2 Å². The zero-order chi connectivity index (χ0) is 17.9. The van der Waals surface area contributed by atoms with Gasteiger partial charge in [0, 0.05) is 11.6 Å². The Balaban J connectivity index is 1.64. The van der Waals surface area contributed by atoms with E-state index in [1.54, 1.807) is 6.92 Å². The summed E-state index contributed by atoms with van der Waals surface area (Å²) in [5, 5.41) is 23.0.